The second-order valence-electron chi connectivity index (χ2n) is 4.82. The van der Waals surface area contributed by atoms with Gasteiger partial charge in [0.1, 0.15) is 11.8 Å². The number of nitrogens with two attached hydrogens (primary N) is 1. The molecule has 0 aliphatic carbocycles. The number of aliphatic carboxylic acids is 1. The number of carbonyl (C=O) groups is 3. The second kappa shape index (κ2) is 6.25. The normalized spacial score (nSPS) is 17.4. The van der Waals surface area contributed by atoms with E-state index in [1.165, 1.54) is 0 Å². The van der Waals surface area contributed by atoms with Crippen molar-refractivity contribution in [3.8, 4) is 5.75 Å². The van der Waals surface area contributed by atoms with Crippen LogP contribution in [0.3, 0.4) is 0 Å². The van der Waals surface area contributed by atoms with E-state index in [1.54, 1.807) is 12.1 Å². The van der Waals surface area contributed by atoms with Gasteiger partial charge in [-0.3, -0.25) is 9.59 Å². The molecule has 0 bridgehead atoms. The van der Waals surface area contributed by atoms with Crippen molar-refractivity contribution in [3.05, 3.63) is 29.8 Å². The minimum atomic E-state index is -1.21. The Labute approximate surface area is 121 Å². The van der Waals surface area contributed by atoms with E-state index < -0.39 is 29.9 Å². The van der Waals surface area contributed by atoms with Crippen LogP contribution in [-0.4, -0.2) is 35.0 Å². The third-order valence-electron chi connectivity index (χ3n) is 3.23. The zero-order valence-electron chi connectivity index (χ0n) is 11.2. The Bertz CT molecular complexity index is 547. The summed E-state index contributed by atoms with van der Waals surface area (Å²) < 4.78 is 5.48. The molecule has 1 heterocycles. The Kier molecular flexibility index (Phi) is 4.42. The molecule has 1 aromatic rings. The SMILES string of the molecule is NC(=O)CC[C@H](NC(=O)C1Cc2ccccc2O1)C(=O)O. The number of carboxylic acids is 1. The lowest BCUT2D eigenvalue weighted by molar-refractivity contribution is -0.143. The van der Waals surface area contributed by atoms with E-state index in [0.29, 0.717) is 12.2 Å². The van der Waals surface area contributed by atoms with Crippen molar-refractivity contribution in [1.29, 1.82) is 0 Å². The molecule has 1 unspecified atom stereocenters. The summed E-state index contributed by atoms with van der Waals surface area (Å²) in [4.78, 5) is 33.8. The van der Waals surface area contributed by atoms with Gasteiger partial charge in [-0.2, -0.15) is 0 Å². The number of nitrogens with one attached hydrogen (secondary N) is 1. The number of benzene rings is 1. The summed E-state index contributed by atoms with van der Waals surface area (Å²) in [6, 6.07) is 6.09. The molecule has 1 aromatic carbocycles. The molecule has 7 heteroatoms. The van der Waals surface area contributed by atoms with Crippen LogP contribution in [0.5, 0.6) is 5.75 Å². The van der Waals surface area contributed by atoms with Crippen LogP contribution in [0.4, 0.5) is 0 Å². The number of hydrogen-bond donors (Lipinski definition) is 3. The van der Waals surface area contributed by atoms with Gasteiger partial charge < -0.3 is 20.9 Å². The fraction of sp³-hybridized carbons (Fsp3) is 0.357. The van der Waals surface area contributed by atoms with E-state index in [0.717, 1.165) is 5.56 Å². The molecule has 1 aliphatic rings. The van der Waals surface area contributed by atoms with Crippen LogP contribution in [0.2, 0.25) is 0 Å². The average molecular weight is 292 g/mol. The van der Waals surface area contributed by atoms with E-state index in [-0.39, 0.29) is 12.8 Å². The van der Waals surface area contributed by atoms with E-state index in [9.17, 15) is 14.4 Å². The number of amides is 2. The minimum absolute atomic E-state index is 0.0456. The van der Waals surface area contributed by atoms with Gasteiger partial charge in [0.2, 0.25) is 5.91 Å². The molecule has 2 atom stereocenters. The number of ether oxygens (including phenoxy) is 1. The van der Waals surface area contributed by atoms with Crippen molar-refractivity contribution in [2.75, 3.05) is 0 Å². The maximum Gasteiger partial charge on any atom is 0.326 e. The summed E-state index contributed by atoms with van der Waals surface area (Å²) >= 11 is 0. The molecular weight excluding hydrogens is 276 g/mol. The number of carboxylic acid groups (broad SMARTS) is 1. The van der Waals surface area contributed by atoms with Gasteiger partial charge >= 0.3 is 5.97 Å². The number of hydrogen-bond acceptors (Lipinski definition) is 4. The topological polar surface area (TPSA) is 119 Å². The molecule has 112 valence electrons. The standard InChI is InChI=1S/C14H16N2O5/c15-12(17)6-5-9(14(19)20)16-13(18)11-7-8-3-1-2-4-10(8)21-11/h1-4,9,11H,5-7H2,(H2,15,17)(H,16,18)(H,19,20)/t9-,11?/m0/s1. The molecule has 0 fully saturated rings. The Balaban J connectivity index is 1.94. The first-order chi connectivity index (χ1) is 9.97. The first-order valence-electron chi connectivity index (χ1n) is 6.53. The first kappa shape index (κ1) is 14.8. The zero-order chi connectivity index (χ0) is 15.4. The van der Waals surface area contributed by atoms with E-state index in [2.05, 4.69) is 5.32 Å². The molecule has 4 N–H and O–H groups in total. The molecule has 1 aliphatic heterocycles. The fourth-order valence-electron chi connectivity index (χ4n) is 2.14. The molecule has 0 spiro atoms. The maximum absolute atomic E-state index is 12.1. The van der Waals surface area contributed by atoms with E-state index >= 15 is 0 Å². The highest BCUT2D eigenvalue weighted by Gasteiger charge is 2.31. The lowest BCUT2D eigenvalue weighted by Gasteiger charge is -2.16. The fourth-order valence-corrected chi connectivity index (χ4v) is 2.14. The Morgan fingerprint density at radius 1 is 1.38 bits per heavy atom. The Morgan fingerprint density at radius 3 is 2.71 bits per heavy atom. The molecule has 21 heavy (non-hydrogen) atoms. The lowest BCUT2D eigenvalue weighted by atomic mass is 10.1. The summed E-state index contributed by atoms with van der Waals surface area (Å²) in [6.07, 6.45) is -0.513. The molecular formula is C14H16N2O5. The van der Waals surface area contributed by atoms with Crippen LogP contribution < -0.4 is 15.8 Å². The molecule has 0 saturated carbocycles. The largest absolute Gasteiger partial charge is 0.480 e. The van der Waals surface area contributed by atoms with Crippen molar-refractivity contribution in [2.45, 2.75) is 31.4 Å². The number of rotatable bonds is 6. The minimum Gasteiger partial charge on any atom is -0.480 e. The number of fused-ring (bicyclic) bond motifs is 1. The molecule has 7 nitrogen and oxygen atoms in total. The quantitative estimate of drug-likeness (QED) is 0.672. The highest BCUT2D eigenvalue weighted by molar-refractivity contribution is 5.87. The third-order valence-corrected chi connectivity index (χ3v) is 3.23. The average Bonchev–Trinajstić information content (AvgIpc) is 2.86. The van der Waals surface area contributed by atoms with Crippen molar-refractivity contribution in [3.63, 3.8) is 0 Å². The zero-order valence-corrected chi connectivity index (χ0v) is 11.2. The van der Waals surface area contributed by atoms with Crippen LogP contribution in [0.25, 0.3) is 0 Å². The van der Waals surface area contributed by atoms with Crippen molar-refractivity contribution < 1.29 is 24.2 Å². The van der Waals surface area contributed by atoms with Gasteiger partial charge in [-0.15, -0.1) is 0 Å². The molecule has 2 rings (SSSR count). The highest BCUT2D eigenvalue weighted by atomic mass is 16.5. The summed E-state index contributed by atoms with van der Waals surface area (Å²) in [6.45, 7) is 0. The Morgan fingerprint density at radius 2 is 2.10 bits per heavy atom. The van der Waals surface area contributed by atoms with Gasteiger partial charge in [0.15, 0.2) is 6.10 Å². The molecule has 0 saturated heterocycles. The van der Waals surface area contributed by atoms with Crippen molar-refractivity contribution in [2.24, 2.45) is 5.73 Å². The van der Waals surface area contributed by atoms with Gasteiger partial charge in [0.25, 0.3) is 5.91 Å². The van der Waals surface area contributed by atoms with Gasteiger partial charge in [-0.05, 0) is 18.1 Å². The lowest BCUT2D eigenvalue weighted by Crippen LogP contribution is -2.47. The summed E-state index contributed by atoms with van der Waals surface area (Å²) in [5.41, 5.74) is 5.89. The van der Waals surface area contributed by atoms with Gasteiger partial charge in [0, 0.05) is 12.8 Å². The highest BCUT2D eigenvalue weighted by Crippen LogP contribution is 2.28. The smallest absolute Gasteiger partial charge is 0.326 e. The van der Waals surface area contributed by atoms with E-state index in [1.807, 2.05) is 12.1 Å². The molecule has 2 amide bonds. The van der Waals surface area contributed by atoms with Crippen LogP contribution in [0, 0.1) is 0 Å². The van der Waals surface area contributed by atoms with Crippen molar-refractivity contribution in [1.82, 2.24) is 5.32 Å². The summed E-state index contributed by atoms with van der Waals surface area (Å²) in [5.74, 6) is -1.70. The number of primary amides is 1. The number of carbonyl (C=O) groups excluding carboxylic acids is 2. The van der Waals surface area contributed by atoms with Gasteiger partial charge in [-0.1, -0.05) is 18.2 Å². The summed E-state index contributed by atoms with van der Waals surface area (Å²) in [7, 11) is 0. The second-order valence-corrected chi connectivity index (χ2v) is 4.82. The van der Waals surface area contributed by atoms with Gasteiger partial charge in [0.05, 0.1) is 0 Å². The third kappa shape index (κ3) is 3.71. The Hall–Kier alpha value is -2.57. The molecule has 0 radical (unpaired) electrons. The first-order valence-corrected chi connectivity index (χ1v) is 6.53. The monoisotopic (exact) mass is 292 g/mol. The van der Waals surface area contributed by atoms with Crippen LogP contribution >= 0.6 is 0 Å². The predicted octanol–water partition coefficient (Wildman–Crippen LogP) is -0.175. The van der Waals surface area contributed by atoms with Gasteiger partial charge in [-0.25, -0.2) is 4.79 Å². The van der Waals surface area contributed by atoms with E-state index in [4.69, 9.17) is 15.6 Å². The predicted molar refractivity (Wildman–Crippen MR) is 72.6 cm³/mol. The van der Waals surface area contributed by atoms with Crippen LogP contribution in [0.1, 0.15) is 18.4 Å². The number of para-hydroxylation sites is 1. The maximum atomic E-state index is 12.1. The molecule has 0 aromatic heterocycles. The summed E-state index contributed by atoms with van der Waals surface area (Å²) in [5, 5.41) is 11.4. The van der Waals surface area contributed by atoms with Crippen LogP contribution in [-0.2, 0) is 20.8 Å². The van der Waals surface area contributed by atoms with Crippen molar-refractivity contribution >= 4 is 17.8 Å². The van der Waals surface area contributed by atoms with Crippen LogP contribution in [0.15, 0.2) is 24.3 Å².